The quantitative estimate of drug-likeness (QED) is 0.771. The minimum Gasteiger partial charge on any atom is -0.307 e. The summed E-state index contributed by atoms with van der Waals surface area (Å²) in [6.45, 7) is 4.85. The first-order valence-electron chi connectivity index (χ1n) is 7.06. The molecule has 1 unspecified atom stereocenters. The van der Waals surface area contributed by atoms with E-state index in [1.54, 1.807) is 17.8 Å². The van der Waals surface area contributed by atoms with E-state index in [0.29, 0.717) is 0 Å². The van der Waals surface area contributed by atoms with E-state index in [0.717, 1.165) is 23.4 Å². The lowest BCUT2D eigenvalue weighted by atomic mass is 9.98. The van der Waals surface area contributed by atoms with Crippen molar-refractivity contribution >= 4 is 11.8 Å². The zero-order valence-corrected chi connectivity index (χ0v) is 13.0. The van der Waals surface area contributed by atoms with Crippen molar-refractivity contribution in [1.29, 1.82) is 0 Å². The van der Waals surface area contributed by atoms with Crippen LogP contribution in [0.1, 0.15) is 31.0 Å². The van der Waals surface area contributed by atoms with Crippen LogP contribution in [0.2, 0.25) is 0 Å². The Bertz CT molecular complexity index is 584. The highest BCUT2D eigenvalue weighted by molar-refractivity contribution is 7.99. The van der Waals surface area contributed by atoms with Crippen LogP contribution in [-0.4, -0.2) is 12.3 Å². The van der Waals surface area contributed by atoms with Gasteiger partial charge in [-0.25, -0.2) is 8.78 Å². The molecular formula is C17H19F2NS. The van der Waals surface area contributed by atoms with Crippen molar-refractivity contribution in [3.63, 3.8) is 0 Å². The summed E-state index contributed by atoms with van der Waals surface area (Å²) in [4.78, 5) is 1.21. The zero-order chi connectivity index (χ0) is 15.2. The van der Waals surface area contributed by atoms with Crippen molar-refractivity contribution < 1.29 is 8.78 Å². The highest BCUT2D eigenvalue weighted by Gasteiger charge is 2.15. The lowest BCUT2D eigenvalue weighted by Crippen LogP contribution is -2.22. The van der Waals surface area contributed by atoms with E-state index >= 15 is 0 Å². The van der Waals surface area contributed by atoms with E-state index in [9.17, 15) is 8.78 Å². The molecule has 0 spiro atoms. The summed E-state index contributed by atoms with van der Waals surface area (Å²) in [7, 11) is 0. The lowest BCUT2D eigenvalue weighted by Gasteiger charge is -2.19. The standard InChI is InChI=1S/C17H19F2NS/c1-3-20-17(13-7-10-15(18)16(19)11-13)12-5-8-14(9-6-12)21-4-2/h5-11,17,20H,3-4H2,1-2H3. The van der Waals surface area contributed by atoms with Crippen LogP contribution in [0, 0.1) is 11.6 Å². The van der Waals surface area contributed by atoms with Crippen molar-refractivity contribution in [2.75, 3.05) is 12.3 Å². The second-order valence-electron chi connectivity index (χ2n) is 4.67. The minimum atomic E-state index is -0.816. The Morgan fingerprint density at radius 1 is 0.952 bits per heavy atom. The summed E-state index contributed by atoms with van der Waals surface area (Å²) >= 11 is 1.78. The summed E-state index contributed by atoms with van der Waals surface area (Å²) in [6.07, 6.45) is 0. The fourth-order valence-corrected chi connectivity index (χ4v) is 2.91. The van der Waals surface area contributed by atoms with Gasteiger partial charge in [-0.1, -0.05) is 32.0 Å². The van der Waals surface area contributed by atoms with Gasteiger partial charge in [-0.15, -0.1) is 11.8 Å². The molecule has 1 N–H and O–H groups in total. The number of benzene rings is 2. The predicted octanol–water partition coefficient (Wildman–Crippen LogP) is 4.78. The number of hydrogen-bond acceptors (Lipinski definition) is 2. The van der Waals surface area contributed by atoms with Crippen LogP contribution in [0.3, 0.4) is 0 Å². The van der Waals surface area contributed by atoms with E-state index in [-0.39, 0.29) is 6.04 Å². The number of nitrogens with one attached hydrogen (secondary N) is 1. The van der Waals surface area contributed by atoms with Gasteiger partial charge in [0.05, 0.1) is 6.04 Å². The van der Waals surface area contributed by atoms with Crippen LogP contribution in [-0.2, 0) is 0 Å². The summed E-state index contributed by atoms with van der Waals surface area (Å²) in [5, 5.41) is 3.32. The van der Waals surface area contributed by atoms with Gasteiger partial charge in [-0.2, -0.15) is 0 Å². The topological polar surface area (TPSA) is 12.0 Å². The van der Waals surface area contributed by atoms with Gasteiger partial charge in [-0.3, -0.25) is 0 Å². The lowest BCUT2D eigenvalue weighted by molar-refractivity contribution is 0.504. The maximum Gasteiger partial charge on any atom is 0.159 e. The fraction of sp³-hybridized carbons (Fsp3) is 0.294. The second-order valence-corrected chi connectivity index (χ2v) is 6.00. The molecule has 0 aliphatic carbocycles. The first-order chi connectivity index (χ1) is 10.2. The molecule has 0 bridgehead atoms. The Labute approximate surface area is 128 Å². The third kappa shape index (κ3) is 4.05. The summed E-state index contributed by atoms with van der Waals surface area (Å²) < 4.78 is 26.5. The van der Waals surface area contributed by atoms with Crippen LogP contribution < -0.4 is 5.32 Å². The van der Waals surface area contributed by atoms with Crippen molar-refractivity contribution in [1.82, 2.24) is 5.32 Å². The van der Waals surface area contributed by atoms with Gasteiger partial charge in [0, 0.05) is 4.90 Å². The Kier molecular flexibility index (Phi) is 5.76. The molecule has 2 aromatic rings. The molecule has 0 saturated carbocycles. The monoisotopic (exact) mass is 307 g/mol. The van der Waals surface area contributed by atoms with Crippen LogP contribution >= 0.6 is 11.8 Å². The van der Waals surface area contributed by atoms with Crippen LogP contribution in [0.5, 0.6) is 0 Å². The van der Waals surface area contributed by atoms with E-state index in [1.807, 2.05) is 19.1 Å². The summed E-state index contributed by atoms with van der Waals surface area (Å²) in [5.41, 5.74) is 1.77. The number of rotatable bonds is 6. The molecule has 0 aromatic heterocycles. The van der Waals surface area contributed by atoms with E-state index < -0.39 is 11.6 Å². The molecule has 0 saturated heterocycles. The van der Waals surface area contributed by atoms with E-state index in [4.69, 9.17) is 0 Å². The first-order valence-corrected chi connectivity index (χ1v) is 8.05. The molecule has 0 aliphatic rings. The van der Waals surface area contributed by atoms with Crippen LogP contribution in [0.4, 0.5) is 8.78 Å². The number of hydrogen-bond donors (Lipinski definition) is 1. The molecule has 0 aliphatic heterocycles. The largest absolute Gasteiger partial charge is 0.307 e. The van der Waals surface area contributed by atoms with Crippen molar-refractivity contribution in [2.45, 2.75) is 24.8 Å². The molecule has 4 heteroatoms. The molecule has 0 fully saturated rings. The molecular weight excluding hydrogens is 288 g/mol. The van der Waals surface area contributed by atoms with Gasteiger partial charge >= 0.3 is 0 Å². The van der Waals surface area contributed by atoms with Gasteiger partial charge < -0.3 is 5.32 Å². The third-order valence-electron chi connectivity index (χ3n) is 3.21. The molecule has 1 atom stereocenters. The third-order valence-corrected chi connectivity index (χ3v) is 4.10. The van der Waals surface area contributed by atoms with Crippen molar-refractivity contribution in [3.05, 3.63) is 65.2 Å². The van der Waals surface area contributed by atoms with Crippen LogP contribution in [0.25, 0.3) is 0 Å². The van der Waals surface area contributed by atoms with Crippen LogP contribution in [0.15, 0.2) is 47.4 Å². The smallest absolute Gasteiger partial charge is 0.159 e. The average Bonchev–Trinajstić information content (AvgIpc) is 2.49. The number of thioether (sulfide) groups is 1. The van der Waals surface area contributed by atoms with Gasteiger partial charge in [0.25, 0.3) is 0 Å². The Hall–Kier alpha value is -1.39. The summed E-state index contributed by atoms with van der Waals surface area (Å²) in [6, 6.07) is 12.1. The Morgan fingerprint density at radius 2 is 1.62 bits per heavy atom. The SMILES string of the molecule is CCNC(c1ccc(SCC)cc1)c1ccc(F)c(F)c1. The fourth-order valence-electron chi connectivity index (χ4n) is 2.25. The second kappa shape index (κ2) is 7.57. The normalized spacial score (nSPS) is 12.4. The highest BCUT2D eigenvalue weighted by Crippen LogP contribution is 2.26. The highest BCUT2D eigenvalue weighted by atomic mass is 32.2. The predicted molar refractivity (Wildman–Crippen MR) is 84.7 cm³/mol. The molecule has 0 heterocycles. The van der Waals surface area contributed by atoms with Gasteiger partial charge in [0.15, 0.2) is 11.6 Å². The minimum absolute atomic E-state index is 0.134. The van der Waals surface area contributed by atoms with E-state index in [2.05, 4.69) is 24.4 Å². The van der Waals surface area contributed by atoms with Gasteiger partial charge in [0.1, 0.15) is 0 Å². The first kappa shape index (κ1) is 16.0. The van der Waals surface area contributed by atoms with Gasteiger partial charge in [-0.05, 0) is 47.7 Å². The Balaban J connectivity index is 2.31. The van der Waals surface area contributed by atoms with Crippen molar-refractivity contribution in [3.8, 4) is 0 Å². The summed E-state index contributed by atoms with van der Waals surface area (Å²) in [5.74, 6) is -0.601. The van der Waals surface area contributed by atoms with Crippen molar-refractivity contribution in [2.24, 2.45) is 0 Å². The number of halogens is 2. The molecule has 2 rings (SSSR count). The molecule has 21 heavy (non-hydrogen) atoms. The Morgan fingerprint density at radius 3 is 2.19 bits per heavy atom. The maximum absolute atomic E-state index is 13.5. The maximum atomic E-state index is 13.5. The average molecular weight is 307 g/mol. The molecule has 0 radical (unpaired) electrons. The molecule has 0 amide bonds. The molecule has 112 valence electrons. The molecule has 1 nitrogen and oxygen atoms in total. The van der Waals surface area contributed by atoms with E-state index in [1.165, 1.54) is 17.0 Å². The molecule has 2 aromatic carbocycles. The van der Waals surface area contributed by atoms with Gasteiger partial charge in [0.2, 0.25) is 0 Å². The zero-order valence-electron chi connectivity index (χ0n) is 12.2.